The zero-order chi connectivity index (χ0) is 17.5. The van der Waals surface area contributed by atoms with Crippen molar-refractivity contribution in [2.75, 3.05) is 28.4 Å². The Kier molecular flexibility index (Phi) is 5.78. The summed E-state index contributed by atoms with van der Waals surface area (Å²) in [6, 6.07) is 6.99. The topological polar surface area (TPSA) is 66.9 Å². The second-order valence-electron chi connectivity index (χ2n) is 4.75. The second-order valence-corrected chi connectivity index (χ2v) is 4.75. The molecule has 0 bridgehead atoms. The van der Waals surface area contributed by atoms with Crippen LogP contribution in [-0.2, 0) is 4.74 Å². The van der Waals surface area contributed by atoms with Gasteiger partial charge in [-0.05, 0) is 23.3 Å². The first kappa shape index (κ1) is 17.3. The van der Waals surface area contributed by atoms with Crippen LogP contribution in [0.15, 0.2) is 30.5 Å². The van der Waals surface area contributed by atoms with Crippen LogP contribution in [0.25, 0.3) is 12.2 Å². The number of esters is 1. The van der Waals surface area contributed by atoms with Crippen molar-refractivity contribution in [3.8, 4) is 17.4 Å². The number of carbonyl (C=O) groups excluding carboxylic acids is 1. The molecule has 0 aliphatic rings. The van der Waals surface area contributed by atoms with Crippen LogP contribution in [0.2, 0.25) is 0 Å². The van der Waals surface area contributed by atoms with Gasteiger partial charge in [0.25, 0.3) is 0 Å². The third-order valence-corrected chi connectivity index (χ3v) is 3.37. The molecule has 24 heavy (non-hydrogen) atoms. The first-order valence-corrected chi connectivity index (χ1v) is 7.15. The minimum atomic E-state index is -0.485. The van der Waals surface area contributed by atoms with Crippen LogP contribution in [0.1, 0.15) is 21.5 Å². The largest absolute Gasteiger partial charge is 0.497 e. The van der Waals surface area contributed by atoms with Gasteiger partial charge in [0.2, 0.25) is 5.88 Å². The number of nitrogens with zero attached hydrogens (tertiary/aromatic N) is 1. The number of methoxy groups -OCH3 is 4. The van der Waals surface area contributed by atoms with Gasteiger partial charge in [-0.25, -0.2) is 9.78 Å². The minimum Gasteiger partial charge on any atom is -0.497 e. The minimum absolute atomic E-state index is 0.332. The molecule has 0 spiro atoms. The van der Waals surface area contributed by atoms with E-state index in [1.165, 1.54) is 14.2 Å². The number of hydrogen-bond acceptors (Lipinski definition) is 6. The molecule has 0 saturated heterocycles. The molecular formula is C18H19NO5. The Morgan fingerprint density at radius 3 is 2.42 bits per heavy atom. The number of benzene rings is 1. The van der Waals surface area contributed by atoms with Crippen molar-refractivity contribution in [2.24, 2.45) is 0 Å². The lowest BCUT2D eigenvalue weighted by Gasteiger charge is -2.12. The van der Waals surface area contributed by atoms with Crippen molar-refractivity contribution < 1.29 is 23.7 Å². The van der Waals surface area contributed by atoms with E-state index in [9.17, 15) is 4.79 Å². The fourth-order valence-corrected chi connectivity index (χ4v) is 2.17. The zero-order valence-electron chi connectivity index (χ0n) is 14.0. The van der Waals surface area contributed by atoms with E-state index in [0.717, 1.165) is 5.56 Å². The highest BCUT2D eigenvalue weighted by Gasteiger charge is 2.18. The van der Waals surface area contributed by atoms with Gasteiger partial charge in [-0.15, -0.1) is 0 Å². The number of rotatable bonds is 6. The quantitative estimate of drug-likeness (QED) is 0.759. The fourth-order valence-electron chi connectivity index (χ4n) is 2.17. The maximum atomic E-state index is 12.1. The van der Waals surface area contributed by atoms with Gasteiger partial charge in [0, 0.05) is 18.3 Å². The standard InChI is InChI=1S/C18H19NO5/c1-21-14-10-13(17(18(20)24-4)15(11-14)22-2)6-5-12-7-8-19-16(9-12)23-3/h5-11H,1-4H3/b6-5+. The highest BCUT2D eigenvalue weighted by Crippen LogP contribution is 2.30. The lowest BCUT2D eigenvalue weighted by molar-refractivity contribution is 0.0597. The lowest BCUT2D eigenvalue weighted by Crippen LogP contribution is -2.07. The summed E-state index contributed by atoms with van der Waals surface area (Å²) < 4.78 is 20.5. The van der Waals surface area contributed by atoms with Gasteiger partial charge >= 0.3 is 5.97 Å². The van der Waals surface area contributed by atoms with Crippen molar-refractivity contribution in [1.29, 1.82) is 0 Å². The van der Waals surface area contributed by atoms with E-state index in [0.29, 0.717) is 28.5 Å². The Bertz CT molecular complexity index is 755. The van der Waals surface area contributed by atoms with Crippen LogP contribution in [0.5, 0.6) is 17.4 Å². The summed E-state index contributed by atoms with van der Waals surface area (Å²) in [6.45, 7) is 0. The molecule has 0 N–H and O–H groups in total. The Morgan fingerprint density at radius 1 is 1.00 bits per heavy atom. The molecular weight excluding hydrogens is 310 g/mol. The normalized spacial score (nSPS) is 10.5. The molecule has 0 atom stereocenters. The van der Waals surface area contributed by atoms with Crippen molar-refractivity contribution >= 4 is 18.1 Å². The monoisotopic (exact) mass is 329 g/mol. The van der Waals surface area contributed by atoms with Crippen LogP contribution >= 0.6 is 0 Å². The summed E-state index contributed by atoms with van der Waals surface area (Å²) in [5.41, 5.74) is 1.83. The molecule has 1 aromatic heterocycles. The fraction of sp³-hybridized carbons (Fsp3) is 0.222. The van der Waals surface area contributed by atoms with E-state index in [1.54, 1.807) is 44.7 Å². The second kappa shape index (κ2) is 8.01. The van der Waals surface area contributed by atoms with Crippen LogP contribution in [0.4, 0.5) is 0 Å². The number of hydrogen-bond donors (Lipinski definition) is 0. The summed E-state index contributed by atoms with van der Waals surface area (Å²) in [7, 11) is 5.92. The Morgan fingerprint density at radius 2 is 1.79 bits per heavy atom. The molecule has 0 saturated carbocycles. The van der Waals surface area contributed by atoms with E-state index in [1.807, 2.05) is 12.1 Å². The van der Waals surface area contributed by atoms with Crippen molar-refractivity contribution in [3.05, 3.63) is 47.2 Å². The van der Waals surface area contributed by atoms with Gasteiger partial charge in [-0.2, -0.15) is 0 Å². The molecule has 0 aliphatic carbocycles. The van der Waals surface area contributed by atoms with Gasteiger partial charge in [0.05, 0.1) is 28.4 Å². The van der Waals surface area contributed by atoms with Crippen molar-refractivity contribution in [2.45, 2.75) is 0 Å². The molecule has 126 valence electrons. The average Bonchev–Trinajstić information content (AvgIpc) is 2.64. The molecule has 1 heterocycles. The summed E-state index contributed by atoms with van der Waals surface area (Å²) >= 11 is 0. The van der Waals surface area contributed by atoms with Gasteiger partial charge in [-0.1, -0.05) is 12.2 Å². The average molecular weight is 329 g/mol. The SMILES string of the molecule is COC(=O)c1c(/C=C/c2ccnc(OC)c2)cc(OC)cc1OC. The molecule has 1 aromatic carbocycles. The Hall–Kier alpha value is -3.02. The summed E-state index contributed by atoms with van der Waals surface area (Å²) in [6.07, 6.45) is 5.27. The molecule has 0 amide bonds. The highest BCUT2D eigenvalue weighted by molar-refractivity contribution is 5.98. The van der Waals surface area contributed by atoms with E-state index >= 15 is 0 Å². The number of aromatic nitrogens is 1. The molecule has 0 radical (unpaired) electrons. The summed E-state index contributed by atoms with van der Waals surface area (Å²) in [4.78, 5) is 16.2. The van der Waals surface area contributed by atoms with Gasteiger partial charge in [-0.3, -0.25) is 0 Å². The van der Waals surface area contributed by atoms with Crippen LogP contribution in [-0.4, -0.2) is 39.4 Å². The molecule has 0 unspecified atom stereocenters. The van der Waals surface area contributed by atoms with E-state index in [2.05, 4.69) is 4.98 Å². The molecule has 6 heteroatoms. The molecule has 2 rings (SSSR count). The van der Waals surface area contributed by atoms with Gasteiger partial charge < -0.3 is 18.9 Å². The maximum absolute atomic E-state index is 12.1. The predicted octanol–water partition coefficient (Wildman–Crippen LogP) is 3.06. The molecule has 0 aliphatic heterocycles. The van der Waals surface area contributed by atoms with Gasteiger partial charge in [0.1, 0.15) is 17.1 Å². The predicted molar refractivity (Wildman–Crippen MR) is 90.6 cm³/mol. The van der Waals surface area contributed by atoms with Crippen LogP contribution in [0, 0.1) is 0 Å². The molecule has 0 fully saturated rings. The third-order valence-electron chi connectivity index (χ3n) is 3.37. The Labute approximate surface area is 140 Å². The summed E-state index contributed by atoms with van der Waals surface area (Å²) in [5.74, 6) is 0.981. The van der Waals surface area contributed by atoms with Crippen LogP contribution in [0.3, 0.4) is 0 Å². The number of carbonyl (C=O) groups is 1. The van der Waals surface area contributed by atoms with Crippen molar-refractivity contribution in [1.82, 2.24) is 4.98 Å². The highest BCUT2D eigenvalue weighted by atomic mass is 16.5. The first-order chi connectivity index (χ1) is 11.6. The van der Waals surface area contributed by atoms with Crippen molar-refractivity contribution in [3.63, 3.8) is 0 Å². The smallest absolute Gasteiger partial charge is 0.342 e. The zero-order valence-corrected chi connectivity index (χ0v) is 14.0. The van der Waals surface area contributed by atoms with E-state index in [4.69, 9.17) is 18.9 Å². The maximum Gasteiger partial charge on any atom is 0.342 e. The van der Waals surface area contributed by atoms with Gasteiger partial charge in [0.15, 0.2) is 0 Å². The lowest BCUT2D eigenvalue weighted by atomic mass is 10.0. The first-order valence-electron chi connectivity index (χ1n) is 7.15. The third kappa shape index (κ3) is 3.84. The molecule has 2 aromatic rings. The number of ether oxygens (including phenoxy) is 4. The molecule has 6 nitrogen and oxygen atoms in total. The van der Waals surface area contributed by atoms with E-state index < -0.39 is 5.97 Å². The van der Waals surface area contributed by atoms with E-state index in [-0.39, 0.29) is 0 Å². The summed E-state index contributed by atoms with van der Waals surface area (Å²) in [5, 5.41) is 0. The van der Waals surface area contributed by atoms with Crippen LogP contribution < -0.4 is 14.2 Å². The Balaban J connectivity index is 2.50. The number of pyridine rings is 1.